The molecule has 0 radical (unpaired) electrons. The van der Waals surface area contributed by atoms with Crippen LogP contribution in [0.25, 0.3) is 0 Å². The maximum absolute atomic E-state index is 12.6. The summed E-state index contributed by atoms with van der Waals surface area (Å²) in [5.74, 6) is 0.0327. The molecule has 0 bridgehead atoms. The Kier molecular flexibility index (Phi) is 5.13. The molecular weight excluding hydrogens is 326 g/mol. The average Bonchev–Trinajstić information content (AvgIpc) is 2.62. The molecule has 0 aliphatic carbocycles. The third-order valence-corrected chi connectivity index (χ3v) is 6.06. The highest BCUT2D eigenvalue weighted by Crippen LogP contribution is 2.22. The van der Waals surface area contributed by atoms with Crippen LogP contribution in [0.4, 0.5) is 5.69 Å². The maximum atomic E-state index is 12.6. The van der Waals surface area contributed by atoms with E-state index in [1.54, 1.807) is 16.7 Å². The van der Waals surface area contributed by atoms with Crippen LogP contribution in [0.15, 0.2) is 48.8 Å². The molecule has 2 aromatic rings. The van der Waals surface area contributed by atoms with E-state index < -0.39 is 10.0 Å². The number of anilines is 1. The number of hydrogen-bond acceptors (Lipinski definition) is 5. The van der Waals surface area contributed by atoms with Gasteiger partial charge < -0.3 is 10.0 Å². The Bertz CT molecular complexity index is 773. The van der Waals surface area contributed by atoms with Crippen molar-refractivity contribution in [2.75, 3.05) is 31.1 Å². The van der Waals surface area contributed by atoms with Gasteiger partial charge in [0.2, 0.25) is 10.0 Å². The lowest BCUT2D eigenvalue weighted by atomic mass is 10.2. The Morgan fingerprint density at radius 3 is 2.42 bits per heavy atom. The predicted octanol–water partition coefficient (Wildman–Crippen LogP) is 1.23. The van der Waals surface area contributed by atoms with Crippen LogP contribution in [0.2, 0.25) is 0 Å². The van der Waals surface area contributed by atoms with E-state index in [-0.39, 0.29) is 12.4 Å². The Morgan fingerprint density at radius 2 is 1.75 bits per heavy atom. The topological polar surface area (TPSA) is 73.7 Å². The van der Waals surface area contributed by atoms with Gasteiger partial charge in [0.25, 0.3) is 0 Å². The highest BCUT2D eigenvalue weighted by atomic mass is 32.2. The summed E-state index contributed by atoms with van der Waals surface area (Å²) in [7, 11) is -3.31. The quantitative estimate of drug-likeness (QED) is 0.880. The van der Waals surface area contributed by atoms with E-state index in [1.807, 2.05) is 36.4 Å². The summed E-state index contributed by atoms with van der Waals surface area (Å²) in [6.45, 7) is 2.02. The second kappa shape index (κ2) is 7.29. The minimum absolute atomic E-state index is 0.0327. The van der Waals surface area contributed by atoms with Gasteiger partial charge in [-0.05, 0) is 11.6 Å². The molecule has 128 valence electrons. The minimum atomic E-state index is -3.31. The van der Waals surface area contributed by atoms with Gasteiger partial charge in [0.1, 0.15) is 0 Å². The van der Waals surface area contributed by atoms with Crippen molar-refractivity contribution in [3.63, 3.8) is 0 Å². The monoisotopic (exact) mass is 347 g/mol. The Labute approximate surface area is 142 Å². The van der Waals surface area contributed by atoms with Crippen molar-refractivity contribution < 1.29 is 13.5 Å². The Balaban J connectivity index is 1.66. The molecule has 1 fully saturated rings. The van der Waals surface area contributed by atoms with Gasteiger partial charge in [0.15, 0.2) is 0 Å². The first-order valence-corrected chi connectivity index (χ1v) is 9.51. The fourth-order valence-electron chi connectivity index (χ4n) is 2.93. The molecule has 3 rings (SSSR count). The molecule has 1 N–H and O–H groups in total. The first kappa shape index (κ1) is 16.9. The molecule has 0 amide bonds. The van der Waals surface area contributed by atoms with E-state index in [0.717, 1.165) is 16.8 Å². The molecule has 0 saturated carbocycles. The predicted molar refractivity (Wildman–Crippen MR) is 93.0 cm³/mol. The zero-order chi connectivity index (χ0) is 17.0. The number of sulfonamides is 1. The van der Waals surface area contributed by atoms with Gasteiger partial charge in [-0.2, -0.15) is 4.31 Å². The SMILES string of the molecule is O=S(=O)(Cc1ccccc1)N1CCN(c2ccncc2CO)CC1. The number of pyridine rings is 1. The van der Waals surface area contributed by atoms with Crippen LogP contribution >= 0.6 is 0 Å². The van der Waals surface area contributed by atoms with Gasteiger partial charge in [0.05, 0.1) is 12.4 Å². The Morgan fingerprint density at radius 1 is 1.04 bits per heavy atom. The van der Waals surface area contributed by atoms with Crippen LogP contribution in [-0.2, 0) is 22.4 Å². The molecule has 1 aromatic heterocycles. The summed E-state index contributed by atoms with van der Waals surface area (Å²) >= 11 is 0. The molecule has 0 unspecified atom stereocenters. The summed E-state index contributed by atoms with van der Waals surface area (Å²) in [5, 5.41) is 9.42. The van der Waals surface area contributed by atoms with Crippen LogP contribution in [0, 0.1) is 0 Å². The van der Waals surface area contributed by atoms with Gasteiger partial charge in [-0.3, -0.25) is 4.98 Å². The number of hydrogen-bond donors (Lipinski definition) is 1. The highest BCUT2D eigenvalue weighted by Gasteiger charge is 2.27. The van der Waals surface area contributed by atoms with Gasteiger partial charge in [0, 0.05) is 49.8 Å². The number of aliphatic hydroxyl groups is 1. The lowest BCUT2D eigenvalue weighted by Crippen LogP contribution is -2.49. The molecular formula is C17H21N3O3S. The molecule has 1 aromatic carbocycles. The summed E-state index contributed by atoms with van der Waals surface area (Å²) in [6.07, 6.45) is 3.33. The smallest absolute Gasteiger partial charge is 0.218 e. The normalized spacial score (nSPS) is 16.3. The zero-order valence-electron chi connectivity index (χ0n) is 13.4. The van der Waals surface area contributed by atoms with E-state index in [1.165, 1.54) is 0 Å². The van der Waals surface area contributed by atoms with Crippen molar-refractivity contribution in [3.8, 4) is 0 Å². The van der Waals surface area contributed by atoms with E-state index in [4.69, 9.17) is 0 Å². The molecule has 1 saturated heterocycles. The average molecular weight is 347 g/mol. The number of aliphatic hydroxyl groups excluding tert-OH is 1. The zero-order valence-corrected chi connectivity index (χ0v) is 14.2. The molecule has 7 heteroatoms. The largest absolute Gasteiger partial charge is 0.392 e. The highest BCUT2D eigenvalue weighted by molar-refractivity contribution is 7.88. The van der Waals surface area contributed by atoms with Crippen LogP contribution in [-0.4, -0.2) is 49.0 Å². The van der Waals surface area contributed by atoms with Gasteiger partial charge >= 0.3 is 0 Å². The van der Waals surface area contributed by atoms with Crippen molar-refractivity contribution in [2.45, 2.75) is 12.4 Å². The second-order valence-electron chi connectivity index (χ2n) is 5.79. The third kappa shape index (κ3) is 3.75. The van der Waals surface area contributed by atoms with E-state index in [2.05, 4.69) is 9.88 Å². The van der Waals surface area contributed by atoms with Gasteiger partial charge in [-0.1, -0.05) is 30.3 Å². The van der Waals surface area contributed by atoms with Crippen molar-refractivity contribution in [1.29, 1.82) is 0 Å². The van der Waals surface area contributed by atoms with Crippen LogP contribution < -0.4 is 4.90 Å². The molecule has 1 aliphatic heterocycles. The third-order valence-electron chi connectivity index (χ3n) is 4.21. The summed E-state index contributed by atoms with van der Waals surface area (Å²) in [5.41, 5.74) is 2.49. The van der Waals surface area contributed by atoms with Crippen LogP contribution in [0.3, 0.4) is 0 Å². The number of benzene rings is 1. The molecule has 6 nitrogen and oxygen atoms in total. The molecule has 2 heterocycles. The lowest BCUT2D eigenvalue weighted by molar-refractivity contribution is 0.281. The first-order chi connectivity index (χ1) is 11.6. The number of rotatable bonds is 5. The Hall–Kier alpha value is -1.96. The minimum Gasteiger partial charge on any atom is -0.392 e. The van der Waals surface area contributed by atoms with E-state index in [0.29, 0.717) is 26.2 Å². The van der Waals surface area contributed by atoms with E-state index >= 15 is 0 Å². The first-order valence-electron chi connectivity index (χ1n) is 7.90. The maximum Gasteiger partial charge on any atom is 0.218 e. The number of piperazine rings is 1. The number of aromatic nitrogens is 1. The van der Waals surface area contributed by atoms with Crippen LogP contribution in [0.5, 0.6) is 0 Å². The molecule has 24 heavy (non-hydrogen) atoms. The second-order valence-corrected chi connectivity index (χ2v) is 7.76. The van der Waals surface area contributed by atoms with Gasteiger partial charge in [-0.15, -0.1) is 0 Å². The van der Waals surface area contributed by atoms with Crippen LogP contribution in [0.1, 0.15) is 11.1 Å². The van der Waals surface area contributed by atoms with Gasteiger partial charge in [-0.25, -0.2) is 8.42 Å². The molecule has 0 atom stereocenters. The fraction of sp³-hybridized carbons (Fsp3) is 0.353. The summed E-state index contributed by atoms with van der Waals surface area (Å²) in [4.78, 5) is 6.12. The standard InChI is InChI=1S/C17H21N3O3S/c21-13-16-12-18-7-6-17(16)19-8-10-20(11-9-19)24(22,23)14-15-4-2-1-3-5-15/h1-7,12,21H,8-11,13-14H2. The van der Waals surface area contributed by atoms with E-state index in [9.17, 15) is 13.5 Å². The summed E-state index contributed by atoms with van der Waals surface area (Å²) < 4.78 is 26.7. The van der Waals surface area contributed by atoms with Crippen molar-refractivity contribution in [2.24, 2.45) is 0 Å². The van der Waals surface area contributed by atoms with Crippen molar-refractivity contribution >= 4 is 15.7 Å². The molecule has 1 aliphatic rings. The molecule has 0 spiro atoms. The fourth-order valence-corrected chi connectivity index (χ4v) is 4.45. The van der Waals surface area contributed by atoms with Crippen molar-refractivity contribution in [3.05, 3.63) is 59.9 Å². The van der Waals surface area contributed by atoms with Crippen molar-refractivity contribution in [1.82, 2.24) is 9.29 Å². The summed E-state index contributed by atoms with van der Waals surface area (Å²) in [6, 6.07) is 11.1. The number of nitrogens with zero attached hydrogens (tertiary/aromatic N) is 3. The lowest BCUT2D eigenvalue weighted by Gasteiger charge is -2.36.